The average molecular weight is 679 g/mol. The predicted molar refractivity (Wildman–Crippen MR) is 222 cm³/mol. The number of para-hydroxylation sites is 1. The van der Waals surface area contributed by atoms with Crippen molar-refractivity contribution in [3.8, 4) is 50.5 Å². The van der Waals surface area contributed by atoms with Gasteiger partial charge in [0.1, 0.15) is 5.82 Å². The third-order valence-electron chi connectivity index (χ3n) is 11.1. The summed E-state index contributed by atoms with van der Waals surface area (Å²) >= 11 is 0. The van der Waals surface area contributed by atoms with Gasteiger partial charge in [0.25, 0.3) is 0 Å². The maximum Gasteiger partial charge on any atom is 0.138 e. The van der Waals surface area contributed by atoms with E-state index in [0.717, 1.165) is 52.9 Å². The van der Waals surface area contributed by atoms with E-state index in [-0.39, 0.29) is 0 Å². The van der Waals surface area contributed by atoms with Crippen LogP contribution in [0.3, 0.4) is 0 Å². The molecule has 0 fully saturated rings. The lowest BCUT2D eigenvalue weighted by atomic mass is 9.76. The van der Waals surface area contributed by atoms with Gasteiger partial charge in [-0.05, 0) is 112 Å². The van der Waals surface area contributed by atoms with Gasteiger partial charge in [0.2, 0.25) is 0 Å². The molecule has 2 aromatic heterocycles. The van der Waals surface area contributed by atoms with Gasteiger partial charge in [-0.25, -0.2) is 4.98 Å². The summed E-state index contributed by atoms with van der Waals surface area (Å²) in [6.07, 6.45) is 3.32. The molecule has 0 amide bonds. The van der Waals surface area contributed by atoms with E-state index in [1.165, 1.54) is 55.3 Å². The van der Waals surface area contributed by atoms with Crippen molar-refractivity contribution < 1.29 is 0 Å². The number of pyridine rings is 1. The summed E-state index contributed by atoms with van der Waals surface area (Å²) in [5.41, 5.74) is 16.2. The van der Waals surface area contributed by atoms with E-state index in [1.807, 2.05) is 0 Å². The molecule has 0 N–H and O–H groups in total. The summed E-state index contributed by atoms with van der Waals surface area (Å²) in [4.78, 5) is 5.32. The van der Waals surface area contributed by atoms with Crippen LogP contribution in [-0.2, 0) is 12.8 Å². The van der Waals surface area contributed by atoms with Gasteiger partial charge in [-0.2, -0.15) is 0 Å². The smallest absolute Gasteiger partial charge is 0.138 e. The van der Waals surface area contributed by atoms with Crippen LogP contribution >= 0.6 is 0 Å². The maximum atomic E-state index is 5.32. The monoisotopic (exact) mass is 678 g/mol. The van der Waals surface area contributed by atoms with Crippen molar-refractivity contribution in [2.24, 2.45) is 0 Å². The Hall–Kier alpha value is -6.51. The molecular weight excluding hydrogens is 641 g/mol. The van der Waals surface area contributed by atoms with Crippen molar-refractivity contribution in [2.75, 3.05) is 0 Å². The van der Waals surface area contributed by atoms with E-state index >= 15 is 0 Å². The number of aryl methyl sites for hydroxylation is 1. The molecule has 0 radical (unpaired) electrons. The fourth-order valence-corrected chi connectivity index (χ4v) is 8.49. The van der Waals surface area contributed by atoms with Crippen LogP contribution in [0.1, 0.15) is 29.0 Å². The maximum absolute atomic E-state index is 5.32. The number of benzene rings is 7. The lowest BCUT2D eigenvalue weighted by Crippen LogP contribution is -2.12. The molecule has 0 saturated heterocycles. The molecule has 1 unspecified atom stereocenters. The molecule has 53 heavy (non-hydrogen) atoms. The molecular formula is C51H38N2. The van der Waals surface area contributed by atoms with Crippen LogP contribution in [0.4, 0.5) is 0 Å². The topological polar surface area (TPSA) is 17.8 Å². The largest absolute Gasteiger partial charge is 0.294 e. The van der Waals surface area contributed by atoms with Crippen molar-refractivity contribution in [1.29, 1.82) is 0 Å². The molecule has 10 rings (SSSR count). The van der Waals surface area contributed by atoms with Crippen molar-refractivity contribution in [3.63, 3.8) is 0 Å². The molecule has 0 saturated carbocycles. The Bertz CT molecular complexity index is 2690. The number of hydrogen-bond acceptors (Lipinski definition) is 1. The number of aromatic nitrogens is 2. The molecule has 2 heteroatoms. The first-order valence-corrected chi connectivity index (χ1v) is 18.7. The number of nitrogens with zero attached hydrogens (tertiary/aromatic N) is 2. The first-order chi connectivity index (χ1) is 26.3. The van der Waals surface area contributed by atoms with Crippen LogP contribution < -0.4 is 0 Å². The third-order valence-corrected chi connectivity index (χ3v) is 11.1. The summed E-state index contributed by atoms with van der Waals surface area (Å²) < 4.78 is 2.34. The zero-order valence-electron chi connectivity index (χ0n) is 29.5. The number of hydrogen-bond donors (Lipinski definition) is 0. The molecule has 1 aliphatic carbocycles. The summed E-state index contributed by atoms with van der Waals surface area (Å²) in [6.45, 7) is 0. The molecule has 0 spiro atoms. The van der Waals surface area contributed by atoms with E-state index in [9.17, 15) is 0 Å². The Kier molecular flexibility index (Phi) is 7.80. The lowest BCUT2D eigenvalue weighted by molar-refractivity contribution is 0.616. The van der Waals surface area contributed by atoms with Gasteiger partial charge in [0, 0.05) is 16.3 Å². The Labute approximate surface area is 310 Å². The van der Waals surface area contributed by atoms with Crippen LogP contribution in [0.2, 0.25) is 0 Å². The summed E-state index contributed by atoms with van der Waals surface area (Å²) in [5.74, 6) is 1.43. The van der Waals surface area contributed by atoms with Gasteiger partial charge >= 0.3 is 0 Å². The highest BCUT2D eigenvalue weighted by Gasteiger charge is 2.25. The van der Waals surface area contributed by atoms with Crippen molar-refractivity contribution in [1.82, 2.24) is 9.55 Å². The van der Waals surface area contributed by atoms with Crippen LogP contribution in [0, 0.1) is 0 Å². The second-order valence-corrected chi connectivity index (χ2v) is 14.3. The van der Waals surface area contributed by atoms with Gasteiger partial charge in [-0.3, -0.25) is 4.57 Å². The third kappa shape index (κ3) is 5.73. The minimum Gasteiger partial charge on any atom is -0.294 e. The van der Waals surface area contributed by atoms with E-state index in [2.05, 4.69) is 193 Å². The summed E-state index contributed by atoms with van der Waals surface area (Å²) in [7, 11) is 0. The SMILES string of the molecule is c1ccc(CCC2Cc3ccc(-c4ccc5c(c4)c4ccccc4n5-c4cc(-c5ccccc5)cc(-c5ccccc5)n4)cc3-c3ccccc32)cc1. The zero-order chi connectivity index (χ0) is 35.1. The normalized spacial score (nSPS) is 13.5. The van der Waals surface area contributed by atoms with Crippen molar-refractivity contribution >= 4 is 21.8 Å². The van der Waals surface area contributed by atoms with E-state index < -0.39 is 0 Å². The van der Waals surface area contributed by atoms with Crippen LogP contribution in [0.25, 0.3) is 72.3 Å². The van der Waals surface area contributed by atoms with Gasteiger partial charge in [-0.15, -0.1) is 0 Å². The molecule has 1 atom stereocenters. The second-order valence-electron chi connectivity index (χ2n) is 14.3. The molecule has 252 valence electrons. The van der Waals surface area contributed by atoms with Gasteiger partial charge in [0.15, 0.2) is 0 Å². The molecule has 1 aliphatic rings. The molecule has 2 heterocycles. The van der Waals surface area contributed by atoms with Gasteiger partial charge in [0.05, 0.1) is 16.7 Å². The van der Waals surface area contributed by atoms with Crippen LogP contribution in [-0.4, -0.2) is 9.55 Å². The highest BCUT2D eigenvalue weighted by molar-refractivity contribution is 6.10. The predicted octanol–water partition coefficient (Wildman–Crippen LogP) is 13.1. The first kappa shape index (κ1) is 31.2. The Morgan fingerprint density at radius 1 is 0.472 bits per heavy atom. The quantitative estimate of drug-likeness (QED) is 0.164. The lowest BCUT2D eigenvalue weighted by Gasteiger charge is -2.28. The average Bonchev–Trinajstić information content (AvgIpc) is 3.57. The summed E-state index contributed by atoms with van der Waals surface area (Å²) in [5, 5.41) is 2.45. The second kappa shape index (κ2) is 13.2. The molecule has 0 bridgehead atoms. The fraction of sp³-hybridized carbons (Fsp3) is 0.0784. The van der Waals surface area contributed by atoms with E-state index in [0.29, 0.717) is 5.92 Å². The van der Waals surface area contributed by atoms with Crippen molar-refractivity contribution in [3.05, 3.63) is 205 Å². The van der Waals surface area contributed by atoms with Crippen molar-refractivity contribution in [2.45, 2.75) is 25.2 Å². The molecule has 7 aromatic carbocycles. The van der Waals surface area contributed by atoms with Gasteiger partial charge < -0.3 is 0 Å². The standard InChI is InChI=1S/C51H38N2/c1-4-14-35(15-5-1)24-25-40-30-41-27-26-38(31-46(41)44-21-11-10-20-43(40)44)39-28-29-50-47(32-39)45-22-12-13-23-49(45)53(50)51-34-42(36-16-6-2-7-17-36)33-48(52-51)37-18-8-3-9-19-37/h1-23,26-29,31-34,40H,24-25,30H2. The highest BCUT2D eigenvalue weighted by atomic mass is 15.1. The summed E-state index contributed by atoms with van der Waals surface area (Å²) in [6, 6.07) is 68.4. The van der Waals surface area contributed by atoms with Crippen LogP contribution in [0.5, 0.6) is 0 Å². The fourth-order valence-electron chi connectivity index (χ4n) is 8.49. The van der Waals surface area contributed by atoms with Gasteiger partial charge in [-0.1, -0.05) is 152 Å². The minimum absolute atomic E-state index is 0.517. The molecule has 9 aromatic rings. The highest BCUT2D eigenvalue weighted by Crippen LogP contribution is 2.44. The number of fused-ring (bicyclic) bond motifs is 6. The first-order valence-electron chi connectivity index (χ1n) is 18.7. The van der Waals surface area contributed by atoms with Crippen LogP contribution in [0.15, 0.2) is 188 Å². The minimum atomic E-state index is 0.517. The Balaban J connectivity index is 1.07. The van der Waals surface area contributed by atoms with E-state index in [4.69, 9.17) is 4.98 Å². The Morgan fingerprint density at radius 3 is 1.96 bits per heavy atom. The Morgan fingerprint density at radius 2 is 1.13 bits per heavy atom. The van der Waals surface area contributed by atoms with E-state index in [1.54, 1.807) is 0 Å². The molecule has 0 aliphatic heterocycles. The number of rotatable bonds is 7. The zero-order valence-corrected chi connectivity index (χ0v) is 29.5. The molecule has 2 nitrogen and oxygen atoms in total.